The number of alkyl halides is 2. The topological polar surface area (TPSA) is 64.3 Å². The first-order valence-corrected chi connectivity index (χ1v) is 6.67. The molecule has 3 N–H and O–H groups in total. The molecule has 20 heavy (non-hydrogen) atoms. The molecule has 2 rings (SSSR count). The highest BCUT2D eigenvalue weighted by Gasteiger charge is 2.23. The van der Waals surface area contributed by atoms with E-state index in [0.29, 0.717) is 5.56 Å². The molecule has 0 saturated heterocycles. The molecule has 0 spiro atoms. The lowest BCUT2D eigenvalue weighted by atomic mass is 9.91. The Labute approximate surface area is 116 Å². The number of hydrogen-bond donors (Lipinski definition) is 2. The molecule has 1 amide bonds. The Kier molecular flexibility index (Phi) is 4.89. The van der Waals surface area contributed by atoms with Crippen LogP contribution in [0.5, 0.6) is 5.75 Å². The Balaban J connectivity index is 2.01. The predicted octanol–water partition coefficient (Wildman–Crippen LogP) is 2.29. The molecule has 0 heterocycles. The Morgan fingerprint density at radius 1 is 1.35 bits per heavy atom. The quantitative estimate of drug-likeness (QED) is 0.891. The van der Waals surface area contributed by atoms with E-state index in [4.69, 9.17) is 5.73 Å². The van der Waals surface area contributed by atoms with Crippen LogP contribution in [0.15, 0.2) is 24.3 Å². The molecule has 6 heteroatoms. The summed E-state index contributed by atoms with van der Waals surface area (Å²) in [5.74, 6) is -0.340. The second-order valence-corrected chi connectivity index (χ2v) is 4.93. The number of ether oxygens (including phenoxy) is 1. The number of nitrogens with two attached hydrogens (primary N) is 1. The van der Waals surface area contributed by atoms with Crippen molar-refractivity contribution in [1.82, 2.24) is 5.32 Å². The van der Waals surface area contributed by atoms with E-state index in [-0.39, 0.29) is 23.7 Å². The van der Waals surface area contributed by atoms with Crippen LogP contribution in [0.25, 0.3) is 0 Å². The summed E-state index contributed by atoms with van der Waals surface area (Å²) >= 11 is 0. The van der Waals surface area contributed by atoms with Crippen molar-refractivity contribution in [2.45, 2.75) is 44.4 Å². The Bertz CT molecular complexity index is 468. The Morgan fingerprint density at radius 3 is 2.80 bits per heavy atom. The second-order valence-electron chi connectivity index (χ2n) is 4.93. The molecule has 0 radical (unpaired) electrons. The average Bonchev–Trinajstić information content (AvgIpc) is 2.41. The van der Waals surface area contributed by atoms with Gasteiger partial charge in [0.15, 0.2) is 0 Å². The van der Waals surface area contributed by atoms with Crippen LogP contribution in [0.4, 0.5) is 8.78 Å². The van der Waals surface area contributed by atoms with Gasteiger partial charge in [-0.3, -0.25) is 4.79 Å². The van der Waals surface area contributed by atoms with Crippen molar-refractivity contribution in [3.05, 3.63) is 29.8 Å². The minimum absolute atomic E-state index is 0.0272. The summed E-state index contributed by atoms with van der Waals surface area (Å²) in [7, 11) is 0. The summed E-state index contributed by atoms with van der Waals surface area (Å²) in [4.78, 5) is 12.1. The van der Waals surface area contributed by atoms with Gasteiger partial charge in [-0.2, -0.15) is 8.78 Å². The molecular formula is C14H18F2N2O2. The summed E-state index contributed by atoms with van der Waals surface area (Å²) < 4.78 is 28.6. The third kappa shape index (κ3) is 3.90. The maximum atomic E-state index is 12.1. The number of halogens is 2. The smallest absolute Gasteiger partial charge is 0.387 e. The number of rotatable bonds is 4. The molecule has 1 fully saturated rings. The van der Waals surface area contributed by atoms with Gasteiger partial charge in [-0.25, -0.2) is 0 Å². The highest BCUT2D eigenvalue weighted by Crippen LogP contribution is 2.19. The van der Waals surface area contributed by atoms with Crippen molar-refractivity contribution in [2.75, 3.05) is 0 Å². The molecule has 1 aliphatic carbocycles. The van der Waals surface area contributed by atoms with Gasteiger partial charge in [0.2, 0.25) is 0 Å². The van der Waals surface area contributed by atoms with Gasteiger partial charge in [0.1, 0.15) is 5.75 Å². The zero-order chi connectivity index (χ0) is 14.5. The monoisotopic (exact) mass is 284 g/mol. The van der Waals surface area contributed by atoms with Crippen LogP contribution >= 0.6 is 0 Å². The number of carbonyl (C=O) groups excluding carboxylic acids is 1. The van der Waals surface area contributed by atoms with Crippen molar-refractivity contribution in [3.63, 3.8) is 0 Å². The van der Waals surface area contributed by atoms with Crippen LogP contribution in [0.2, 0.25) is 0 Å². The number of hydrogen-bond acceptors (Lipinski definition) is 3. The molecule has 1 aromatic carbocycles. The van der Waals surface area contributed by atoms with Crippen LogP contribution < -0.4 is 15.8 Å². The third-order valence-corrected chi connectivity index (χ3v) is 3.46. The minimum atomic E-state index is -2.90. The molecule has 2 atom stereocenters. The van der Waals surface area contributed by atoms with E-state index in [1.54, 1.807) is 6.07 Å². The van der Waals surface area contributed by atoms with Crippen LogP contribution in [0, 0.1) is 0 Å². The van der Waals surface area contributed by atoms with E-state index in [0.717, 1.165) is 25.7 Å². The lowest BCUT2D eigenvalue weighted by Crippen LogP contribution is -2.49. The molecule has 0 bridgehead atoms. The first-order chi connectivity index (χ1) is 9.56. The van der Waals surface area contributed by atoms with E-state index in [2.05, 4.69) is 10.1 Å². The van der Waals surface area contributed by atoms with E-state index in [1.807, 2.05) is 0 Å². The molecule has 110 valence electrons. The normalized spacial score (nSPS) is 22.6. The van der Waals surface area contributed by atoms with Gasteiger partial charge in [0.25, 0.3) is 5.91 Å². The zero-order valence-electron chi connectivity index (χ0n) is 11.0. The highest BCUT2D eigenvalue weighted by atomic mass is 19.3. The van der Waals surface area contributed by atoms with Crippen molar-refractivity contribution in [3.8, 4) is 5.75 Å². The maximum Gasteiger partial charge on any atom is 0.387 e. The molecule has 2 unspecified atom stereocenters. The van der Waals surface area contributed by atoms with E-state index in [1.165, 1.54) is 18.2 Å². The lowest BCUT2D eigenvalue weighted by Gasteiger charge is -2.29. The second kappa shape index (κ2) is 6.65. The highest BCUT2D eigenvalue weighted by molar-refractivity contribution is 5.94. The van der Waals surface area contributed by atoms with E-state index in [9.17, 15) is 13.6 Å². The lowest BCUT2D eigenvalue weighted by molar-refractivity contribution is -0.0498. The summed E-state index contributed by atoms with van der Waals surface area (Å²) in [6.07, 6.45) is 3.85. The van der Waals surface area contributed by atoms with Crippen LogP contribution in [-0.4, -0.2) is 24.6 Å². The first kappa shape index (κ1) is 14.7. The van der Waals surface area contributed by atoms with Crippen LogP contribution in [0.3, 0.4) is 0 Å². The number of nitrogens with one attached hydrogen (secondary N) is 1. The van der Waals surface area contributed by atoms with Crippen molar-refractivity contribution < 1.29 is 18.3 Å². The zero-order valence-corrected chi connectivity index (χ0v) is 11.0. The average molecular weight is 284 g/mol. The van der Waals surface area contributed by atoms with Gasteiger partial charge in [-0.05, 0) is 31.0 Å². The fraction of sp³-hybridized carbons (Fsp3) is 0.500. The molecule has 1 saturated carbocycles. The molecule has 1 aliphatic rings. The van der Waals surface area contributed by atoms with Crippen molar-refractivity contribution in [2.24, 2.45) is 5.73 Å². The fourth-order valence-corrected chi connectivity index (χ4v) is 2.40. The third-order valence-electron chi connectivity index (χ3n) is 3.46. The Morgan fingerprint density at radius 2 is 2.10 bits per heavy atom. The van der Waals surface area contributed by atoms with Crippen molar-refractivity contribution in [1.29, 1.82) is 0 Å². The minimum Gasteiger partial charge on any atom is -0.435 e. The van der Waals surface area contributed by atoms with Crippen LogP contribution in [0.1, 0.15) is 36.0 Å². The van der Waals surface area contributed by atoms with Gasteiger partial charge in [-0.1, -0.05) is 18.9 Å². The first-order valence-electron chi connectivity index (χ1n) is 6.67. The summed E-state index contributed by atoms with van der Waals surface area (Å²) in [6.45, 7) is -2.90. The standard InChI is InChI=1S/C14H18F2N2O2/c15-14(16)20-10-5-3-4-9(8-10)13(19)18-12-7-2-1-6-11(12)17/h3-5,8,11-12,14H,1-2,6-7,17H2,(H,18,19). The molecular weight excluding hydrogens is 266 g/mol. The molecule has 4 nitrogen and oxygen atoms in total. The van der Waals surface area contributed by atoms with E-state index >= 15 is 0 Å². The number of amides is 1. The van der Waals surface area contributed by atoms with E-state index < -0.39 is 6.61 Å². The largest absolute Gasteiger partial charge is 0.435 e. The molecule has 0 aliphatic heterocycles. The molecule has 1 aromatic rings. The van der Waals surface area contributed by atoms with Crippen LogP contribution in [-0.2, 0) is 0 Å². The van der Waals surface area contributed by atoms with Gasteiger partial charge in [0, 0.05) is 17.6 Å². The summed E-state index contributed by atoms with van der Waals surface area (Å²) in [5, 5.41) is 2.86. The fourth-order valence-electron chi connectivity index (χ4n) is 2.40. The Hall–Kier alpha value is -1.69. The van der Waals surface area contributed by atoms with Gasteiger partial charge in [0.05, 0.1) is 0 Å². The maximum absolute atomic E-state index is 12.1. The van der Waals surface area contributed by atoms with Gasteiger partial charge < -0.3 is 15.8 Å². The van der Waals surface area contributed by atoms with Gasteiger partial charge in [-0.15, -0.1) is 0 Å². The van der Waals surface area contributed by atoms with Crippen molar-refractivity contribution >= 4 is 5.91 Å². The number of carbonyl (C=O) groups is 1. The summed E-state index contributed by atoms with van der Waals surface area (Å²) in [5.41, 5.74) is 6.26. The predicted molar refractivity (Wildman–Crippen MR) is 70.8 cm³/mol. The molecule has 0 aromatic heterocycles. The SMILES string of the molecule is NC1CCCCC1NC(=O)c1cccc(OC(F)F)c1. The van der Waals surface area contributed by atoms with Gasteiger partial charge >= 0.3 is 6.61 Å². The number of benzene rings is 1. The summed E-state index contributed by atoms with van der Waals surface area (Å²) in [6, 6.07) is 5.64.